The van der Waals surface area contributed by atoms with E-state index in [0.717, 1.165) is 25.5 Å². The fraction of sp³-hybridized carbons (Fsp3) is 0.600. The minimum Gasteiger partial charge on any atom is -0.369 e. The van der Waals surface area contributed by atoms with Crippen LogP contribution in [0.5, 0.6) is 0 Å². The van der Waals surface area contributed by atoms with Crippen LogP contribution in [0.15, 0.2) is 12.1 Å². The zero-order valence-corrected chi connectivity index (χ0v) is 11.9. The number of nitrogens with one attached hydrogen (secondary N) is 1. The van der Waals surface area contributed by atoms with Gasteiger partial charge in [-0.1, -0.05) is 13.8 Å². The Bertz CT molecular complexity index is 465. The molecule has 0 aliphatic carbocycles. The van der Waals surface area contributed by atoms with Crippen LogP contribution in [0.4, 0.5) is 18.9 Å². The summed E-state index contributed by atoms with van der Waals surface area (Å²) in [4.78, 5) is 1.80. The number of hydrogen-bond donors (Lipinski definition) is 1. The molecular formula is C15H21F3N2. The maximum atomic E-state index is 13.8. The number of halogens is 3. The second kappa shape index (κ2) is 6.48. The summed E-state index contributed by atoms with van der Waals surface area (Å²) in [6.45, 7) is 6.46. The van der Waals surface area contributed by atoms with Crippen LogP contribution >= 0.6 is 0 Å². The molecule has 5 heteroatoms. The van der Waals surface area contributed by atoms with E-state index < -0.39 is 17.5 Å². The Hall–Kier alpha value is -1.23. The predicted molar refractivity (Wildman–Crippen MR) is 74.4 cm³/mol. The Morgan fingerprint density at radius 3 is 2.55 bits per heavy atom. The van der Waals surface area contributed by atoms with Crippen molar-refractivity contribution < 1.29 is 13.2 Å². The van der Waals surface area contributed by atoms with Gasteiger partial charge < -0.3 is 10.2 Å². The first kappa shape index (κ1) is 15.2. The number of piperidine rings is 1. The van der Waals surface area contributed by atoms with Crippen molar-refractivity contribution in [3.63, 3.8) is 0 Å². The molecule has 112 valence electrons. The molecular weight excluding hydrogens is 265 g/mol. The zero-order valence-electron chi connectivity index (χ0n) is 11.9. The second-order valence-corrected chi connectivity index (χ2v) is 5.49. The van der Waals surface area contributed by atoms with Gasteiger partial charge in [-0.25, -0.2) is 13.2 Å². The van der Waals surface area contributed by atoms with Crippen molar-refractivity contribution in [2.45, 2.75) is 32.7 Å². The molecule has 1 aromatic rings. The summed E-state index contributed by atoms with van der Waals surface area (Å²) in [7, 11) is 0. The van der Waals surface area contributed by atoms with Crippen LogP contribution in [0.2, 0.25) is 0 Å². The lowest BCUT2D eigenvalue weighted by molar-refractivity contribution is 0.320. The van der Waals surface area contributed by atoms with Crippen molar-refractivity contribution in [1.29, 1.82) is 0 Å². The number of nitrogens with zero attached hydrogens (tertiary/aromatic N) is 1. The van der Waals surface area contributed by atoms with Gasteiger partial charge in [0.2, 0.25) is 0 Å². The summed E-state index contributed by atoms with van der Waals surface area (Å²) in [5.41, 5.74) is 0.157. The summed E-state index contributed by atoms with van der Waals surface area (Å²) >= 11 is 0. The van der Waals surface area contributed by atoms with Crippen molar-refractivity contribution in [3.05, 3.63) is 29.6 Å². The molecule has 2 atom stereocenters. The summed E-state index contributed by atoms with van der Waals surface area (Å²) in [5, 5.41) is 3.47. The standard InChI is InChI=1S/C15H21F3N2/c1-3-5-19-14-4-6-20(9-10(14)2)15-8-12(17)11(16)7-13(15)18/h7-8,10,14,19H,3-6,9H2,1-2H3. The van der Waals surface area contributed by atoms with Gasteiger partial charge in [-0.2, -0.15) is 0 Å². The second-order valence-electron chi connectivity index (χ2n) is 5.49. The average molecular weight is 286 g/mol. The molecule has 0 saturated carbocycles. The number of rotatable bonds is 4. The van der Waals surface area contributed by atoms with E-state index >= 15 is 0 Å². The third-order valence-electron chi connectivity index (χ3n) is 3.89. The molecule has 1 aliphatic rings. The average Bonchev–Trinajstić information content (AvgIpc) is 2.41. The van der Waals surface area contributed by atoms with Gasteiger partial charge in [-0.15, -0.1) is 0 Å². The molecule has 1 aliphatic heterocycles. The van der Waals surface area contributed by atoms with E-state index in [1.807, 2.05) is 0 Å². The number of benzene rings is 1. The third-order valence-corrected chi connectivity index (χ3v) is 3.89. The summed E-state index contributed by atoms with van der Waals surface area (Å²) in [6, 6.07) is 1.98. The lowest BCUT2D eigenvalue weighted by Crippen LogP contribution is -2.48. The van der Waals surface area contributed by atoms with Gasteiger partial charge in [0, 0.05) is 31.3 Å². The Morgan fingerprint density at radius 1 is 1.20 bits per heavy atom. The zero-order chi connectivity index (χ0) is 14.7. The topological polar surface area (TPSA) is 15.3 Å². The van der Waals surface area contributed by atoms with Gasteiger partial charge in [-0.3, -0.25) is 0 Å². The first-order valence-corrected chi connectivity index (χ1v) is 7.15. The third kappa shape index (κ3) is 3.26. The SMILES string of the molecule is CCCNC1CCN(c2cc(F)c(F)cc2F)CC1C. The van der Waals surface area contributed by atoms with Gasteiger partial charge in [0.25, 0.3) is 0 Å². The first-order chi connectivity index (χ1) is 9.52. The van der Waals surface area contributed by atoms with E-state index in [1.165, 1.54) is 0 Å². The molecule has 2 nitrogen and oxygen atoms in total. The van der Waals surface area contributed by atoms with Gasteiger partial charge in [-0.05, 0) is 25.3 Å². The van der Waals surface area contributed by atoms with Crippen LogP contribution < -0.4 is 10.2 Å². The molecule has 0 aromatic heterocycles. The van der Waals surface area contributed by atoms with Crippen molar-refractivity contribution >= 4 is 5.69 Å². The minimum absolute atomic E-state index is 0.157. The normalized spacial score (nSPS) is 23.1. The summed E-state index contributed by atoms with van der Waals surface area (Å²) < 4.78 is 40.0. The molecule has 1 saturated heterocycles. The first-order valence-electron chi connectivity index (χ1n) is 7.15. The van der Waals surface area contributed by atoms with Crippen LogP contribution in [0.3, 0.4) is 0 Å². The number of anilines is 1. The molecule has 0 spiro atoms. The highest BCUT2D eigenvalue weighted by molar-refractivity contribution is 5.49. The van der Waals surface area contributed by atoms with Crippen molar-refractivity contribution in [3.8, 4) is 0 Å². The molecule has 1 N–H and O–H groups in total. The highest BCUT2D eigenvalue weighted by Gasteiger charge is 2.27. The molecule has 2 rings (SSSR count). The molecule has 0 amide bonds. The van der Waals surface area contributed by atoms with Gasteiger partial charge in [0.1, 0.15) is 5.82 Å². The highest BCUT2D eigenvalue weighted by Crippen LogP contribution is 2.27. The molecule has 0 bridgehead atoms. The minimum atomic E-state index is -1.14. The van der Waals surface area contributed by atoms with Crippen LogP contribution in [0.1, 0.15) is 26.7 Å². The maximum absolute atomic E-state index is 13.8. The van der Waals surface area contributed by atoms with E-state index in [9.17, 15) is 13.2 Å². The lowest BCUT2D eigenvalue weighted by atomic mass is 9.93. The maximum Gasteiger partial charge on any atom is 0.161 e. The fourth-order valence-electron chi connectivity index (χ4n) is 2.75. The quantitative estimate of drug-likeness (QED) is 0.854. The number of hydrogen-bond acceptors (Lipinski definition) is 2. The Balaban J connectivity index is 2.07. The molecule has 20 heavy (non-hydrogen) atoms. The van der Waals surface area contributed by atoms with Crippen molar-refractivity contribution in [2.24, 2.45) is 5.92 Å². The van der Waals surface area contributed by atoms with E-state index in [2.05, 4.69) is 19.2 Å². The van der Waals surface area contributed by atoms with Gasteiger partial charge >= 0.3 is 0 Å². The Morgan fingerprint density at radius 2 is 1.90 bits per heavy atom. The van der Waals surface area contributed by atoms with Crippen LogP contribution in [-0.4, -0.2) is 25.7 Å². The highest BCUT2D eigenvalue weighted by atomic mass is 19.2. The fourth-order valence-corrected chi connectivity index (χ4v) is 2.75. The Kier molecular flexibility index (Phi) is 4.91. The van der Waals surface area contributed by atoms with E-state index in [-0.39, 0.29) is 5.69 Å². The molecule has 2 unspecified atom stereocenters. The smallest absolute Gasteiger partial charge is 0.161 e. The summed E-state index contributed by atoms with van der Waals surface area (Å²) in [5.74, 6) is -2.50. The monoisotopic (exact) mass is 286 g/mol. The Labute approximate surface area is 118 Å². The summed E-state index contributed by atoms with van der Waals surface area (Å²) in [6.07, 6.45) is 1.95. The van der Waals surface area contributed by atoms with Gasteiger partial charge in [0.05, 0.1) is 5.69 Å². The molecule has 1 fully saturated rings. The predicted octanol–water partition coefficient (Wildman–Crippen LogP) is 3.32. The lowest BCUT2D eigenvalue weighted by Gasteiger charge is -2.38. The van der Waals surface area contributed by atoms with E-state index in [4.69, 9.17) is 0 Å². The van der Waals surface area contributed by atoms with E-state index in [1.54, 1.807) is 4.90 Å². The van der Waals surface area contributed by atoms with Crippen molar-refractivity contribution in [2.75, 3.05) is 24.5 Å². The van der Waals surface area contributed by atoms with Gasteiger partial charge in [0.15, 0.2) is 11.6 Å². The van der Waals surface area contributed by atoms with Crippen LogP contribution in [-0.2, 0) is 0 Å². The molecule has 1 heterocycles. The van der Waals surface area contributed by atoms with E-state index in [0.29, 0.717) is 31.1 Å². The van der Waals surface area contributed by atoms with Crippen molar-refractivity contribution in [1.82, 2.24) is 5.32 Å². The molecule has 0 radical (unpaired) electrons. The molecule has 1 aromatic carbocycles. The van der Waals surface area contributed by atoms with Crippen LogP contribution in [0, 0.1) is 23.4 Å². The largest absolute Gasteiger partial charge is 0.369 e. The van der Waals surface area contributed by atoms with Crippen LogP contribution in [0.25, 0.3) is 0 Å².